The van der Waals surface area contributed by atoms with Crippen LogP contribution >= 0.6 is 0 Å². The van der Waals surface area contributed by atoms with Crippen molar-refractivity contribution < 1.29 is 10.2 Å². The summed E-state index contributed by atoms with van der Waals surface area (Å²) in [5.41, 5.74) is 7.30. The van der Waals surface area contributed by atoms with Crippen molar-refractivity contribution in [3.63, 3.8) is 0 Å². The number of phenols is 2. The van der Waals surface area contributed by atoms with E-state index in [2.05, 4.69) is 123 Å². The monoisotopic (exact) mass is 480 g/mol. The molecule has 0 heterocycles. The van der Waals surface area contributed by atoms with Crippen molar-refractivity contribution >= 4 is 0 Å². The van der Waals surface area contributed by atoms with Crippen LogP contribution in [-0.2, 0) is 27.1 Å². The van der Waals surface area contributed by atoms with Gasteiger partial charge in [0.1, 0.15) is 11.5 Å². The quantitative estimate of drug-likeness (QED) is 0.449. The lowest BCUT2D eigenvalue weighted by molar-refractivity contribution is 0.408. The number of rotatable bonds is 2. The van der Waals surface area contributed by atoms with E-state index in [1.807, 2.05) is 0 Å². The molecule has 0 saturated carbocycles. The van der Waals surface area contributed by atoms with Gasteiger partial charge in [0.15, 0.2) is 0 Å². The minimum atomic E-state index is -0.616. The molecule has 0 fully saturated rings. The van der Waals surface area contributed by atoms with Crippen molar-refractivity contribution in [3.8, 4) is 11.5 Å². The summed E-state index contributed by atoms with van der Waals surface area (Å²) in [7, 11) is 0. The lowest BCUT2D eigenvalue weighted by Gasteiger charge is -2.38. The minimum absolute atomic E-state index is 0.0783. The Balaban J connectivity index is 3.13. The zero-order chi connectivity index (χ0) is 27.7. The molecule has 2 heteroatoms. The van der Waals surface area contributed by atoms with Crippen molar-refractivity contribution in [1.82, 2.24) is 0 Å². The van der Waals surface area contributed by atoms with Crippen LogP contribution < -0.4 is 0 Å². The first-order chi connectivity index (χ1) is 15.3. The molecule has 2 rings (SSSR count). The smallest absolute Gasteiger partial charge is 0.123 e. The largest absolute Gasteiger partial charge is 0.507 e. The summed E-state index contributed by atoms with van der Waals surface area (Å²) in [6, 6.07) is 4.37. The summed E-state index contributed by atoms with van der Waals surface area (Å²) in [5.74, 6) is 0.699. The van der Waals surface area contributed by atoms with Gasteiger partial charge in [-0.1, -0.05) is 109 Å². The molecule has 0 atom stereocenters. The fourth-order valence-electron chi connectivity index (χ4n) is 6.03. The Kier molecular flexibility index (Phi) is 7.16. The minimum Gasteiger partial charge on any atom is -0.507 e. The van der Waals surface area contributed by atoms with Gasteiger partial charge in [0.2, 0.25) is 0 Å². The van der Waals surface area contributed by atoms with Crippen molar-refractivity contribution in [2.45, 2.75) is 138 Å². The van der Waals surface area contributed by atoms with E-state index in [4.69, 9.17) is 0 Å². The predicted octanol–water partition coefficient (Wildman–Crippen LogP) is 9.23. The lowest BCUT2D eigenvalue weighted by atomic mass is 9.67. The van der Waals surface area contributed by atoms with E-state index in [0.717, 1.165) is 33.4 Å². The van der Waals surface area contributed by atoms with Gasteiger partial charge in [0.25, 0.3) is 0 Å². The maximum absolute atomic E-state index is 11.8. The summed E-state index contributed by atoms with van der Waals surface area (Å²) in [6.07, 6.45) is 0. The van der Waals surface area contributed by atoms with Gasteiger partial charge < -0.3 is 10.2 Å². The van der Waals surface area contributed by atoms with Crippen LogP contribution in [-0.4, -0.2) is 10.2 Å². The Labute approximate surface area is 216 Å². The predicted molar refractivity (Wildman–Crippen MR) is 153 cm³/mol. The second-order valence-corrected chi connectivity index (χ2v) is 15.3. The molecule has 0 radical (unpaired) electrons. The average Bonchev–Trinajstić information content (AvgIpc) is 2.56. The van der Waals surface area contributed by atoms with Gasteiger partial charge in [-0.25, -0.2) is 0 Å². The van der Waals surface area contributed by atoms with E-state index in [-0.39, 0.29) is 21.7 Å². The summed E-state index contributed by atoms with van der Waals surface area (Å²) in [4.78, 5) is 0. The Hall–Kier alpha value is -1.96. The van der Waals surface area contributed by atoms with E-state index >= 15 is 0 Å². The Morgan fingerprint density at radius 1 is 0.429 bits per heavy atom. The molecule has 0 aliphatic carbocycles. The topological polar surface area (TPSA) is 40.5 Å². The Morgan fingerprint density at radius 2 is 0.686 bits per heavy atom. The molecule has 2 N–H and O–H groups in total. The van der Waals surface area contributed by atoms with Gasteiger partial charge in [0, 0.05) is 27.7 Å². The zero-order valence-corrected chi connectivity index (χ0v) is 25.5. The second-order valence-electron chi connectivity index (χ2n) is 15.3. The number of hydrogen-bond donors (Lipinski definition) is 2. The molecule has 0 unspecified atom stereocenters. The van der Waals surface area contributed by atoms with E-state index in [1.54, 1.807) is 0 Å². The van der Waals surface area contributed by atoms with E-state index in [1.165, 1.54) is 11.1 Å². The molecular formula is C33H52O2. The van der Waals surface area contributed by atoms with Crippen LogP contribution in [0.15, 0.2) is 12.1 Å². The third-order valence-electron chi connectivity index (χ3n) is 7.58. The highest BCUT2D eigenvalue weighted by atomic mass is 16.3. The number of aromatic hydroxyl groups is 2. The summed E-state index contributed by atoms with van der Waals surface area (Å²) >= 11 is 0. The molecular weight excluding hydrogens is 428 g/mol. The number of benzene rings is 2. The van der Waals surface area contributed by atoms with E-state index in [0.29, 0.717) is 11.5 Å². The van der Waals surface area contributed by atoms with Gasteiger partial charge in [-0.2, -0.15) is 0 Å². The fraction of sp³-hybridized carbons (Fsp3) is 0.636. The first kappa shape index (κ1) is 29.3. The first-order valence-corrected chi connectivity index (χ1v) is 13.1. The molecule has 196 valence electrons. The maximum Gasteiger partial charge on any atom is 0.123 e. The van der Waals surface area contributed by atoms with Crippen LogP contribution in [0.3, 0.4) is 0 Å². The average molecular weight is 481 g/mol. The molecule has 0 aromatic heterocycles. The third kappa shape index (κ3) is 5.27. The lowest BCUT2D eigenvalue weighted by Crippen LogP contribution is -2.28. The van der Waals surface area contributed by atoms with Gasteiger partial charge >= 0.3 is 0 Å². The number of phenolic OH excluding ortho intramolecular Hbond substituents is 2. The maximum atomic E-state index is 11.8. The standard InChI is InChI=1S/C33H52O2/c1-19-21(29(3,4)5)17-23(27(34)25(19)31(9,10)11)33(15,16)24-18-22(30(6,7)8)20(2)26(28(24)35)32(12,13)14/h17-18,34-35H,1-16H3. The molecule has 2 aromatic carbocycles. The third-order valence-corrected chi connectivity index (χ3v) is 7.58. The first-order valence-electron chi connectivity index (χ1n) is 13.1. The zero-order valence-electron chi connectivity index (χ0n) is 25.5. The van der Waals surface area contributed by atoms with Crippen LogP contribution in [0.5, 0.6) is 11.5 Å². The molecule has 0 bridgehead atoms. The Morgan fingerprint density at radius 3 is 0.886 bits per heavy atom. The van der Waals surface area contributed by atoms with Crippen LogP contribution in [0.1, 0.15) is 141 Å². The molecule has 0 spiro atoms. The van der Waals surface area contributed by atoms with E-state index < -0.39 is 5.41 Å². The Bertz CT molecular complexity index is 1030. The van der Waals surface area contributed by atoms with Crippen molar-refractivity contribution in [3.05, 3.63) is 56.6 Å². The van der Waals surface area contributed by atoms with Crippen molar-refractivity contribution in [1.29, 1.82) is 0 Å². The van der Waals surface area contributed by atoms with Gasteiger partial charge in [-0.15, -0.1) is 0 Å². The van der Waals surface area contributed by atoms with Gasteiger partial charge in [-0.3, -0.25) is 0 Å². The molecule has 0 saturated heterocycles. The molecule has 0 amide bonds. The number of hydrogen-bond acceptors (Lipinski definition) is 2. The normalized spacial score (nSPS) is 13.9. The summed E-state index contributed by atoms with van der Waals surface area (Å²) in [6.45, 7) is 34.9. The van der Waals surface area contributed by atoms with E-state index in [9.17, 15) is 10.2 Å². The van der Waals surface area contributed by atoms with Crippen molar-refractivity contribution in [2.75, 3.05) is 0 Å². The van der Waals surface area contributed by atoms with Crippen LogP contribution in [0.25, 0.3) is 0 Å². The fourth-order valence-corrected chi connectivity index (χ4v) is 6.03. The van der Waals surface area contributed by atoms with Crippen molar-refractivity contribution in [2.24, 2.45) is 0 Å². The summed E-state index contributed by atoms with van der Waals surface area (Å²) in [5, 5.41) is 23.6. The molecule has 0 aliphatic heterocycles. The second kappa shape index (κ2) is 8.56. The highest BCUT2D eigenvalue weighted by Gasteiger charge is 2.38. The van der Waals surface area contributed by atoms with Crippen LogP contribution in [0.4, 0.5) is 0 Å². The molecule has 2 aromatic rings. The highest BCUT2D eigenvalue weighted by Crippen LogP contribution is 2.51. The molecule has 2 nitrogen and oxygen atoms in total. The highest BCUT2D eigenvalue weighted by molar-refractivity contribution is 5.63. The van der Waals surface area contributed by atoms with Crippen LogP contribution in [0.2, 0.25) is 0 Å². The van der Waals surface area contributed by atoms with Gasteiger partial charge in [0.05, 0.1) is 0 Å². The van der Waals surface area contributed by atoms with Crippen LogP contribution in [0, 0.1) is 13.8 Å². The SMILES string of the molecule is Cc1c(C(C)(C)C)cc(C(C)(C)c2cc(C(C)(C)C)c(C)c(C(C)(C)C)c2O)c(O)c1C(C)(C)C. The molecule has 35 heavy (non-hydrogen) atoms. The summed E-state index contributed by atoms with van der Waals surface area (Å²) < 4.78 is 0. The van der Waals surface area contributed by atoms with Gasteiger partial charge in [-0.05, 0) is 57.8 Å². The molecule has 0 aliphatic rings.